The highest BCUT2D eigenvalue weighted by Gasteiger charge is 2.29. The molecule has 0 N–H and O–H groups in total. The number of pyridine rings is 1. The first-order valence-corrected chi connectivity index (χ1v) is 9.82. The molecule has 0 radical (unpaired) electrons. The van der Waals surface area contributed by atoms with Crippen molar-refractivity contribution in [3.63, 3.8) is 0 Å². The summed E-state index contributed by atoms with van der Waals surface area (Å²) in [5, 5.41) is 0. The van der Waals surface area contributed by atoms with Gasteiger partial charge < -0.3 is 18.9 Å². The Kier molecular flexibility index (Phi) is 13.1. The molecule has 1 atom stereocenters. The number of carbonyl (C=O) groups excluding carboxylic acids is 5. The van der Waals surface area contributed by atoms with E-state index >= 15 is 0 Å². The highest BCUT2D eigenvalue weighted by Crippen LogP contribution is 2.11. The lowest BCUT2D eigenvalue weighted by atomic mass is 10.1. The number of hydrogen-bond acceptors (Lipinski definition) is 10. The third-order valence-corrected chi connectivity index (χ3v) is 3.50. The summed E-state index contributed by atoms with van der Waals surface area (Å²) in [6.07, 6.45) is 1.51. The van der Waals surface area contributed by atoms with Crippen LogP contribution in [0.25, 0.3) is 0 Å². The minimum Gasteiger partial charge on any atom is -0.465 e. The van der Waals surface area contributed by atoms with Crippen molar-refractivity contribution in [2.24, 2.45) is 5.92 Å². The van der Waals surface area contributed by atoms with Crippen LogP contribution in [0.3, 0.4) is 0 Å². The normalized spacial score (nSPS) is 10.6. The number of aryl methyl sites for hydroxylation is 1. The van der Waals surface area contributed by atoms with E-state index in [2.05, 4.69) is 14.5 Å². The predicted molar refractivity (Wildman–Crippen MR) is 108 cm³/mol. The lowest BCUT2D eigenvalue weighted by molar-refractivity contribution is -0.161. The lowest BCUT2D eigenvalue weighted by Crippen LogP contribution is -2.30. The number of ether oxygens (including phenoxy) is 4. The Balaban J connectivity index is 0.000000594. The number of carbonyl (C=O) groups is 5. The molecule has 0 bridgehead atoms. The fourth-order valence-electron chi connectivity index (χ4n) is 2.05. The molecule has 10 nitrogen and oxygen atoms in total. The number of Topliss-reactive ketones (excluding diaryl/α,β-unsaturated/α-hetero) is 1. The minimum absolute atomic E-state index is 0.00380. The molecule has 31 heavy (non-hydrogen) atoms. The molecule has 1 heterocycles. The highest BCUT2D eigenvalue weighted by atomic mass is 16.5. The van der Waals surface area contributed by atoms with E-state index in [9.17, 15) is 24.0 Å². The van der Waals surface area contributed by atoms with Crippen LogP contribution in [0.15, 0.2) is 12.3 Å². The molecule has 0 spiro atoms. The van der Waals surface area contributed by atoms with Crippen molar-refractivity contribution in [3.8, 4) is 0 Å². The fraction of sp³-hybridized carbons (Fsp3) is 0.524. The van der Waals surface area contributed by atoms with Gasteiger partial charge in [0.2, 0.25) is 0 Å². The Hall–Kier alpha value is -3.30. The van der Waals surface area contributed by atoms with E-state index in [0.29, 0.717) is 0 Å². The third kappa shape index (κ3) is 9.37. The van der Waals surface area contributed by atoms with Crippen molar-refractivity contribution in [2.45, 2.75) is 41.5 Å². The molecule has 10 heteroatoms. The summed E-state index contributed by atoms with van der Waals surface area (Å²) < 4.78 is 18.7. The van der Waals surface area contributed by atoms with Gasteiger partial charge in [-0.25, -0.2) is 19.4 Å². The molecule has 0 aliphatic rings. The second-order valence-corrected chi connectivity index (χ2v) is 5.91. The minimum atomic E-state index is -1.09. The van der Waals surface area contributed by atoms with Crippen molar-refractivity contribution in [1.82, 2.24) is 4.98 Å². The van der Waals surface area contributed by atoms with Crippen LogP contribution in [0.2, 0.25) is 0 Å². The standard InChI is InChI=1S/C12H15NO4.C9H14O5/c1-4-16-11(14)9-6-8(3)7-13-10(9)12(15)17-5-2;1-4-13-8(11)6(3)7(10)9(12)14-5-2/h6-7H,4-5H2,1-3H3;6H,4-5H2,1-3H3. The van der Waals surface area contributed by atoms with E-state index in [4.69, 9.17) is 9.47 Å². The van der Waals surface area contributed by atoms with Crippen molar-refractivity contribution in [1.29, 1.82) is 0 Å². The molecule has 0 aromatic carbocycles. The average Bonchev–Trinajstić information content (AvgIpc) is 2.73. The van der Waals surface area contributed by atoms with Gasteiger partial charge in [-0.05, 0) is 53.2 Å². The molecule has 1 aromatic rings. The van der Waals surface area contributed by atoms with Crippen LogP contribution in [0.4, 0.5) is 0 Å². The van der Waals surface area contributed by atoms with Gasteiger partial charge in [-0.1, -0.05) is 0 Å². The number of rotatable bonds is 9. The maximum atomic E-state index is 11.7. The number of nitrogens with zero attached hydrogens (tertiary/aromatic N) is 1. The zero-order valence-corrected chi connectivity index (χ0v) is 18.7. The van der Waals surface area contributed by atoms with Crippen molar-refractivity contribution >= 4 is 29.7 Å². The number of esters is 4. The second-order valence-electron chi connectivity index (χ2n) is 5.91. The monoisotopic (exact) mass is 439 g/mol. The molecular weight excluding hydrogens is 410 g/mol. The van der Waals surface area contributed by atoms with Gasteiger partial charge in [-0.3, -0.25) is 9.59 Å². The van der Waals surface area contributed by atoms with Gasteiger partial charge >= 0.3 is 23.9 Å². The summed E-state index contributed by atoms with van der Waals surface area (Å²) in [4.78, 5) is 60.3. The summed E-state index contributed by atoms with van der Waals surface area (Å²) in [5.74, 6) is -4.83. The van der Waals surface area contributed by atoms with Crippen molar-refractivity contribution in [2.75, 3.05) is 26.4 Å². The average molecular weight is 439 g/mol. The first-order valence-electron chi connectivity index (χ1n) is 9.82. The van der Waals surface area contributed by atoms with Gasteiger partial charge in [0.1, 0.15) is 5.92 Å². The molecule has 0 saturated carbocycles. The maximum Gasteiger partial charge on any atom is 0.375 e. The topological polar surface area (TPSA) is 135 Å². The first-order chi connectivity index (χ1) is 14.6. The number of ketones is 1. The molecule has 0 amide bonds. The summed E-state index contributed by atoms with van der Waals surface area (Å²) >= 11 is 0. The van der Waals surface area contributed by atoms with E-state index in [-0.39, 0.29) is 37.7 Å². The fourth-order valence-corrected chi connectivity index (χ4v) is 2.05. The smallest absolute Gasteiger partial charge is 0.375 e. The SMILES string of the molecule is CCOC(=O)C(=O)C(C)C(=O)OCC.CCOC(=O)c1cc(C)cnc1C(=O)OCC. The first kappa shape index (κ1) is 27.7. The van der Waals surface area contributed by atoms with Gasteiger partial charge in [-0.2, -0.15) is 0 Å². The van der Waals surface area contributed by atoms with E-state index in [1.165, 1.54) is 13.1 Å². The van der Waals surface area contributed by atoms with Crippen LogP contribution in [0.5, 0.6) is 0 Å². The van der Waals surface area contributed by atoms with Crippen molar-refractivity contribution in [3.05, 3.63) is 29.1 Å². The van der Waals surface area contributed by atoms with Crippen LogP contribution >= 0.6 is 0 Å². The lowest BCUT2D eigenvalue weighted by Gasteiger charge is -2.07. The van der Waals surface area contributed by atoms with Crippen LogP contribution in [-0.2, 0) is 33.3 Å². The van der Waals surface area contributed by atoms with Gasteiger partial charge in [0.25, 0.3) is 5.78 Å². The number of aromatic nitrogens is 1. The van der Waals surface area contributed by atoms with Crippen LogP contribution in [0.1, 0.15) is 61.0 Å². The summed E-state index contributed by atoms with van der Waals surface area (Å²) in [7, 11) is 0. The molecule has 1 unspecified atom stereocenters. The predicted octanol–water partition coefficient (Wildman–Crippen LogP) is 2.06. The third-order valence-electron chi connectivity index (χ3n) is 3.50. The van der Waals surface area contributed by atoms with E-state index in [1.807, 2.05) is 0 Å². The summed E-state index contributed by atoms with van der Waals surface area (Å²) in [6, 6.07) is 1.57. The number of hydrogen-bond donors (Lipinski definition) is 0. The molecule has 0 aliphatic heterocycles. The molecule has 1 aromatic heterocycles. The van der Waals surface area contributed by atoms with Crippen LogP contribution in [-0.4, -0.2) is 61.1 Å². The summed E-state index contributed by atoms with van der Waals surface area (Å²) in [5.41, 5.74) is 0.919. The van der Waals surface area contributed by atoms with E-state index in [1.54, 1.807) is 40.7 Å². The quantitative estimate of drug-likeness (QED) is 0.243. The van der Waals surface area contributed by atoms with Crippen LogP contribution in [0, 0.1) is 12.8 Å². The Bertz CT molecular complexity index is 789. The molecule has 1 rings (SSSR count). The Labute approximate surface area is 181 Å². The molecular formula is C21H29NO9. The maximum absolute atomic E-state index is 11.7. The Morgan fingerprint density at radius 3 is 1.87 bits per heavy atom. The van der Waals surface area contributed by atoms with Gasteiger partial charge in [0.05, 0.1) is 32.0 Å². The van der Waals surface area contributed by atoms with Crippen molar-refractivity contribution < 1.29 is 42.9 Å². The Morgan fingerprint density at radius 2 is 1.35 bits per heavy atom. The Morgan fingerprint density at radius 1 is 0.839 bits per heavy atom. The molecule has 0 fully saturated rings. The molecule has 172 valence electrons. The molecule has 0 aliphatic carbocycles. The van der Waals surface area contributed by atoms with E-state index in [0.717, 1.165) is 5.56 Å². The second kappa shape index (κ2) is 14.6. The zero-order valence-electron chi connectivity index (χ0n) is 18.7. The molecule has 0 saturated heterocycles. The highest BCUT2D eigenvalue weighted by molar-refractivity contribution is 6.37. The van der Waals surface area contributed by atoms with Crippen LogP contribution < -0.4 is 0 Å². The zero-order chi connectivity index (χ0) is 24.0. The summed E-state index contributed by atoms with van der Waals surface area (Å²) in [6.45, 7) is 10.5. The van der Waals surface area contributed by atoms with Gasteiger partial charge in [0, 0.05) is 6.20 Å². The van der Waals surface area contributed by atoms with E-state index < -0.39 is 35.6 Å². The van der Waals surface area contributed by atoms with Gasteiger partial charge in [0.15, 0.2) is 5.69 Å². The van der Waals surface area contributed by atoms with Gasteiger partial charge in [-0.15, -0.1) is 0 Å². The largest absolute Gasteiger partial charge is 0.465 e.